The summed E-state index contributed by atoms with van der Waals surface area (Å²) in [5, 5.41) is 8.09. The molecule has 124 valence electrons. The smallest absolute Gasteiger partial charge is 0.257 e. The summed E-state index contributed by atoms with van der Waals surface area (Å²) >= 11 is 0. The number of amides is 1. The van der Waals surface area contributed by atoms with Gasteiger partial charge in [-0.15, -0.1) is 5.10 Å². The number of nitrogens with zero attached hydrogens (tertiary/aromatic N) is 5. The number of nitrogen functional groups attached to an aromatic ring is 1. The van der Waals surface area contributed by atoms with E-state index in [4.69, 9.17) is 5.73 Å². The summed E-state index contributed by atoms with van der Waals surface area (Å²) in [4.78, 5) is 23.8. The molecule has 3 heterocycles. The van der Waals surface area contributed by atoms with Crippen molar-refractivity contribution in [1.29, 1.82) is 0 Å². The van der Waals surface area contributed by atoms with Gasteiger partial charge in [-0.3, -0.25) is 4.79 Å². The van der Waals surface area contributed by atoms with Gasteiger partial charge in [-0.2, -0.15) is 5.10 Å². The molecular formula is C17H20N6O. The Hall–Kier alpha value is -2.57. The van der Waals surface area contributed by atoms with Gasteiger partial charge in [0, 0.05) is 18.7 Å². The first-order valence-electron chi connectivity index (χ1n) is 8.37. The van der Waals surface area contributed by atoms with Crippen LogP contribution in [0.25, 0.3) is 0 Å². The predicted molar refractivity (Wildman–Crippen MR) is 88.2 cm³/mol. The van der Waals surface area contributed by atoms with E-state index < -0.39 is 0 Å². The molecule has 2 fully saturated rings. The minimum atomic E-state index is -0.0565. The fourth-order valence-corrected chi connectivity index (χ4v) is 3.32. The zero-order valence-corrected chi connectivity index (χ0v) is 13.6. The first-order valence-corrected chi connectivity index (χ1v) is 8.37. The minimum Gasteiger partial charge on any atom is -0.382 e. The van der Waals surface area contributed by atoms with Crippen LogP contribution in [0.3, 0.4) is 0 Å². The van der Waals surface area contributed by atoms with E-state index in [9.17, 15) is 4.79 Å². The maximum absolute atomic E-state index is 13.1. The third kappa shape index (κ3) is 2.70. The lowest BCUT2D eigenvalue weighted by Gasteiger charge is -2.24. The highest BCUT2D eigenvalue weighted by molar-refractivity contribution is 5.95. The lowest BCUT2D eigenvalue weighted by Crippen LogP contribution is -2.32. The van der Waals surface area contributed by atoms with E-state index >= 15 is 0 Å². The summed E-state index contributed by atoms with van der Waals surface area (Å²) in [7, 11) is 0. The van der Waals surface area contributed by atoms with Gasteiger partial charge in [0.25, 0.3) is 5.91 Å². The SMILES string of the molecule is Cc1ncc(C(=O)N2CCCC2c2ccc(N)nn2)c(C2CC2)n1. The van der Waals surface area contributed by atoms with Crippen molar-refractivity contribution in [3.8, 4) is 0 Å². The summed E-state index contributed by atoms with van der Waals surface area (Å²) in [5.41, 5.74) is 7.94. The normalized spacial score (nSPS) is 20.4. The Kier molecular flexibility index (Phi) is 3.63. The van der Waals surface area contributed by atoms with Crippen LogP contribution in [-0.2, 0) is 0 Å². The van der Waals surface area contributed by atoms with Crippen molar-refractivity contribution in [2.45, 2.75) is 44.6 Å². The van der Waals surface area contributed by atoms with Gasteiger partial charge in [0.05, 0.1) is 23.0 Å². The highest BCUT2D eigenvalue weighted by Gasteiger charge is 2.36. The van der Waals surface area contributed by atoms with Crippen LogP contribution in [0.5, 0.6) is 0 Å². The lowest BCUT2D eigenvalue weighted by atomic mass is 10.1. The molecule has 7 nitrogen and oxygen atoms in total. The Balaban J connectivity index is 1.65. The number of nitrogens with two attached hydrogens (primary N) is 1. The maximum Gasteiger partial charge on any atom is 0.257 e. The number of carbonyl (C=O) groups is 1. The van der Waals surface area contributed by atoms with E-state index in [1.54, 1.807) is 12.3 Å². The average molecular weight is 324 g/mol. The number of hydrogen-bond donors (Lipinski definition) is 1. The first kappa shape index (κ1) is 15.0. The van der Waals surface area contributed by atoms with Crippen molar-refractivity contribution in [3.63, 3.8) is 0 Å². The first-order chi connectivity index (χ1) is 11.6. The highest BCUT2D eigenvalue weighted by atomic mass is 16.2. The van der Waals surface area contributed by atoms with Crippen LogP contribution in [-0.4, -0.2) is 37.5 Å². The summed E-state index contributed by atoms with van der Waals surface area (Å²) in [6, 6.07) is 3.53. The Labute approximate surface area is 140 Å². The largest absolute Gasteiger partial charge is 0.382 e. The number of carbonyl (C=O) groups excluding carboxylic acids is 1. The average Bonchev–Trinajstić information content (AvgIpc) is 3.32. The molecule has 1 amide bonds. The van der Waals surface area contributed by atoms with Crippen LogP contribution in [0.2, 0.25) is 0 Å². The van der Waals surface area contributed by atoms with Crippen LogP contribution < -0.4 is 5.73 Å². The molecule has 2 aromatic heterocycles. The molecule has 7 heteroatoms. The zero-order chi connectivity index (χ0) is 16.7. The molecule has 0 bridgehead atoms. The van der Waals surface area contributed by atoms with E-state index in [2.05, 4.69) is 20.2 Å². The molecule has 1 unspecified atom stereocenters. The second kappa shape index (κ2) is 5.81. The lowest BCUT2D eigenvalue weighted by molar-refractivity contribution is 0.0730. The monoisotopic (exact) mass is 324 g/mol. The van der Waals surface area contributed by atoms with Gasteiger partial charge in [0.15, 0.2) is 0 Å². The summed E-state index contributed by atoms with van der Waals surface area (Å²) in [5.74, 6) is 1.51. The van der Waals surface area contributed by atoms with Gasteiger partial charge in [-0.05, 0) is 44.7 Å². The van der Waals surface area contributed by atoms with Gasteiger partial charge >= 0.3 is 0 Å². The molecule has 0 radical (unpaired) electrons. The molecule has 1 aliphatic carbocycles. The molecule has 1 saturated carbocycles. The summed E-state index contributed by atoms with van der Waals surface area (Å²) in [6.07, 6.45) is 5.72. The molecule has 24 heavy (non-hydrogen) atoms. The van der Waals surface area contributed by atoms with Gasteiger partial charge in [-0.25, -0.2) is 9.97 Å². The Morgan fingerprint density at radius 3 is 2.79 bits per heavy atom. The van der Waals surface area contributed by atoms with Crippen molar-refractivity contribution in [3.05, 3.63) is 41.1 Å². The third-order valence-electron chi connectivity index (χ3n) is 4.69. The van der Waals surface area contributed by atoms with Crippen molar-refractivity contribution in [2.24, 2.45) is 0 Å². The number of hydrogen-bond acceptors (Lipinski definition) is 6. The Bertz CT molecular complexity index is 771. The number of rotatable bonds is 3. The zero-order valence-electron chi connectivity index (χ0n) is 13.6. The number of aryl methyl sites for hydroxylation is 1. The quantitative estimate of drug-likeness (QED) is 0.927. The number of anilines is 1. The van der Waals surface area contributed by atoms with E-state index in [1.807, 2.05) is 17.9 Å². The van der Waals surface area contributed by atoms with Crippen LogP contribution in [0.4, 0.5) is 5.82 Å². The number of aromatic nitrogens is 4. The second-order valence-electron chi connectivity index (χ2n) is 6.53. The maximum atomic E-state index is 13.1. The third-order valence-corrected chi connectivity index (χ3v) is 4.69. The molecule has 1 aliphatic heterocycles. The molecule has 2 N–H and O–H groups in total. The minimum absolute atomic E-state index is 0.00183. The molecule has 2 aromatic rings. The van der Waals surface area contributed by atoms with Crippen LogP contribution in [0.1, 0.15) is 65.2 Å². The summed E-state index contributed by atoms with van der Waals surface area (Å²) < 4.78 is 0. The van der Waals surface area contributed by atoms with E-state index in [0.29, 0.717) is 23.8 Å². The van der Waals surface area contributed by atoms with Gasteiger partial charge < -0.3 is 10.6 Å². The second-order valence-corrected chi connectivity index (χ2v) is 6.53. The molecular weight excluding hydrogens is 304 g/mol. The van der Waals surface area contributed by atoms with Gasteiger partial charge in [0.2, 0.25) is 0 Å². The van der Waals surface area contributed by atoms with Gasteiger partial charge in [0.1, 0.15) is 11.6 Å². The van der Waals surface area contributed by atoms with Crippen molar-refractivity contribution < 1.29 is 4.79 Å². The highest BCUT2D eigenvalue weighted by Crippen LogP contribution is 2.41. The predicted octanol–water partition coefficient (Wildman–Crippen LogP) is 2.01. The van der Waals surface area contributed by atoms with Crippen LogP contribution in [0, 0.1) is 6.92 Å². The van der Waals surface area contributed by atoms with Crippen molar-refractivity contribution in [2.75, 3.05) is 12.3 Å². The van der Waals surface area contributed by atoms with Gasteiger partial charge in [-0.1, -0.05) is 0 Å². The van der Waals surface area contributed by atoms with E-state index in [-0.39, 0.29) is 11.9 Å². The van der Waals surface area contributed by atoms with E-state index in [1.165, 1.54) is 0 Å². The molecule has 4 rings (SSSR count). The van der Waals surface area contributed by atoms with Crippen LogP contribution >= 0.6 is 0 Å². The molecule has 2 aliphatic rings. The fraction of sp³-hybridized carbons (Fsp3) is 0.471. The molecule has 1 saturated heterocycles. The van der Waals surface area contributed by atoms with Crippen molar-refractivity contribution >= 4 is 11.7 Å². The standard InChI is InChI=1S/C17H20N6O/c1-10-19-9-12(16(20-10)11-4-5-11)17(24)23-8-2-3-14(23)13-6-7-15(18)22-21-13/h6-7,9,11,14H,2-5,8H2,1H3,(H2,18,22). The van der Waals surface area contributed by atoms with Crippen molar-refractivity contribution in [1.82, 2.24) is 25.1 Å². The van der Waals surface area contributed by atoms with E-state index in [0.717, 1.165) is 42.9 Å². The Morgan fingerprint density at radius 2 is 2.08 bits per heavy atom. The molecule has 0 aromatic carbocycles. The topological polar surface area (TPSA) is 97.9 Å². The fourth-order valence-electron chi connectivity index (χ4n) is 3.32. The molecule has 0 spiro atoms. The van der Waals surface area contributed by atoms with Crippen LogP contribution in [0.15, 0.2) is 18.3 Å². The summed E-state index contributed by atoms with van der Waals surface area (Å²) in [6.45, 7) is 2.58. The number of likely N-dealkylation sites (tertiary alicyclic amines) is 1. The molecule has 1 atom stereocenters. The Morgan fingerprint density at radius 1 is 1.25 bits per heavy atom.